The van der Waals surface area contributed by atoms with Gasteiger partial charge in [0.2, 0.25) is 0 Å². The number of nitrogens with one attached hydrogen (secondary N) is 1. The van der Waals surface area contributed by atoms with Gasteiger partial charge in [0.1, 0.15) is 0 Å². The molecule has 0 aromatic carbocycles. The van der Waals surface area contributed by atoms with Crippen LogP contribution in [0, 0.1) is 13.8 Å². The van der Waals surface area contributed by atoms with Gasteiger partial charge in [-0.1, -0.05) is 23.2 Å². The van der Waals surface area contributed by atoms with E-state index in [2.05, 4.69) is 23.4 Å². The van der Waals surface area contributed by atoms with E-state index >= 15 is 0 Å². The predicted octanol–water partition coefficient (Wildman–Crippen LogP) is 2.80. The zero-order valence-electron chi connectivity index (χ0n) is 9.63. The van der Waals surface area contributed by atoms with Crippen LogP contribution in [-0.4, -0.2) is 22.9 Å². The Hall–Kier alpha value is -0.510. The summed E-state index contributed by atoms with van der Waals surface area (Å²) in [5, 5.41) is 8.23. The number of hydrogen-bond donors (Lipinski definition) is 1. The zero-order chi connectivity index (χ0) is 12.0. The van der Waals surface area contributed by atoms with Crippen LogP contribution in [0.3, 0.4) is 0 Å². The first kappa shape index (κ1) is 13.6. The average molecular weight is 262 g/mol. The molecule has 0 bridgehead atoms. The van der Waals surface area contributed by atoms with Gasteiger partial charge in [-0.2, -0.15) is 5.10 Å². The number of aryl methyl sites for hydroxylation is 3. The Morgan fingerprint density at radius 1 is 1.56 bits per heavy atom. The lowest BCUT2D eigenvalue weighted by Gasteiger charge is -2.05. The van der Waals surface area contributed by atoms with Crippen LogP contribution in [0.2, 0.25) is 0 Å². The van der Waals surface area contributed by atoms with E-state index in [0.717, 1.165) is 25.2 Å². The van der Waals surface area contributed by atoms with Crippen molar-refractivity contribution in [1.82, 2.24) is 15.1 Å². The second-order valence-corrected chi connectivity index (χ2v) is 4.44. The normalized spacial score (nSPS) is 12.1. The molecule has 0 saturated carbocycles. The molecule has 0 fully saturated rings. The van der Waals surface area contributed by atoms with Crippen LogP contribution >= 0.6 is 23.2 Å². The minimum atomic E-state index is 0.627. The highest BCUT2D eigenvalue weighted by Gasteiger charge is 1.99. The molecular formula is C11H17Cl2N3. The van der Waals surface area contributed by atoms with Gasteiger partial charge < -0.3 is 5.32 Å². The molecular weight excluding hydrogens is 245 g/mol. The van der Waals surface area contributed by atoms with E-state index in [1.54, 1.807) is 0 Å². The van der Waals surface area contributed by atoms with Crippen LogP contribution in [0.5, 0.6) is 0 Å². The SMILES string of the molecule is Cc1cc(C)n(CCCNC/C(Cl)=C/Cl)n1. The molecule has 5 heteroatoms. The fourth-order valence-electron chi connectivity index (χ4n) is 1.50. The van der Waals surface area contributed by atoms with Gasteiger partial charge in [-0.05, 0) is 32.9 Å². The summed E-state index contributed by atoms with van der Waals surface area (Å²) in [5.41, 5.74) is 3.66. The third kappa shape index (κ3) is 4.56. The van der Waals surface area contributed by atoms with Crippen LogP contribution in [-0.2, 0) is 6.54 Å². The predicted molar refractivity (Wildman–Crippen MR) is 69.0 cm³/mol. The minimum absolute atomic E-state index is 0.627. The van der Waals surface area contributed by atoms with Crippen molar-refractivity contribution in [2.24, 2.45) is 0 Å². The molecule has 0 radical (unpaired) electrons. The second kappa shape index (κ2) is 6.94. The maximum atomic E-state index is 5.74. The van der Waals surface area contributed by atoms with Crippen molar-refractivity contribution in [2.75, 3.05) is 13.1 Å². The molecule has 1 N–H and O–H groups in total. The van der Waals surface area contributed by atoms with Crippen molar-refractivity contribution in [1.29, 1.82) is 0 Å². The molecule has 90 valence electrons. The first-order chi connectivity index (χ1) is 7.63. The maximum Gasteiger partial charge on any atom is 0.0596 e. The van der Waals surface area contributed by atoms with Gasteiger partial charge in [0, 0.05) is 29.4 Å². The number of rotatable bonds is 6. The molecule has 0 aliphatic rings. The average Bonchev–Trinajstić information content (AvgIpc) is 2.56. The Bertz CT molecular complexity index is 358. The monoisotopic (exact) mass is 261 g/mol. The summed E-state index contributed by atoms with van der Waals surface area (Å²) in [6, 6.07) is 2.08. The zero-order valence-corrected chi connectivity index (χ0v) is 11.1. The summed E-state index contributed by atoms with van der Waals surface area (Å²) in [5.74, 6) is 0. The highest BCUT2D eigenvalue weighted by atomic mass is 35.5. The van der Waals surface area contributed by atoms with Gasteiger partial charge in [-0.25, -0.2) is 0 Å². The number of aromatic nitrogens is 2. The fraction of sp³-hybridized carbons (Fsp3) is 0.545. The summed E-state index contributed by atoms with van der Waals surface area (Å²) < 4.78 is 2.02. The Balaban J connectivity index is 2.19. The number of halogens is 2. The summed E-state index contributed by atoms with van der Waals surface area (Å²) in [6.45, 7) is 6.53. The molecule has 0 aliphatic heterocycles. The minimum Gasteiger partial charge on any atom is -0.312 e. The van der Waals surface area contributed by atoms with E-state index in [0.29, 0.717) is 11.6 Å². The van der Waals surface area contributed by atoms with Crippen molar-refractivity contribution < 1.29 is 0 Å². The molecule has 1 heterocycles. The molecule has 0 saturated heterocycles. The molecule has 3 nitrogen and oxygen atoms in total. The highest BCUT2D eigenvalue weighted by Crippen LogP contribution is 2.03. The lowest BCUT2D eigenvalue weighted by molar-refractivity contribution is 0.541. The van der Waals surface area contributed by atoms with Gasteiger partial charge >= 0.3 is 0 Å². The van der Waals surface area contributed by atoms with Gasteiger partial charge in [0.15, 0.2) is 0 Å². The van der Waals surface area contributed by atoms with Gasteiger partial charge in [-0.15, -0.1) is 0 Å². The lowest BCUT2D eigenvalue weighted by Crippen LogP contribution is -2.18. The van der Waals surface area contributed by atoms with Gasteiger partial charge in [0.25, 0.3) is 0 Å². The second-order valence-electron chi connectivity index (χ2n) is 3.74. The highest BCUT2D eigenvalue weighted by molar-refractivity contribution is 6.36. The summed E-state index contributed by atoms with van der Waals surface area (Å²) in [7, 11) is 0. The van der Waals surface area contributed by atoms with Crippen LogP contribution < -0.4 is 5.32 Å². The molecule has 1 aromatic rings. The largest absolute Gasteiger partial charge is 0.312 e. The van der Waals surface area contributed by atoms with Gasteiger partial charge in [0.05, 0.1) is 5.69 Å². The fourth-order valence-corrected chi connectivity index (χ4v) is 1.67. The molecule has 16 heavy (non-hydrogen) atoms. The smallest absolute Gasteiger partial charge is 0.0596 e. The van der Waals surface area contributed by atoms with Crippen molar-refractivity contribution in [2.45, 2.75) is 26.8 Å². The number of nitrogens with zero attached hydrogens (tertiary/aromatic N) is 2. The Morgan fingerprint density at radius 3 is 2.88 bits per heavy atom. The van der Waals surface area contributed by atoms with Crippen LogP contribution in [0.15, 0.2) is 16.6 Å². The van der Waals surface area contributed by atoms with E-state index in [9.17, 15) is 0 Å². The summed E-state index contributed by atoms with van der Waals surface area (Å²) in [4.78, 5) is 0. The molecule has 0 spiro atoms. The first-order valence-corrected chi connectivity index (χ1v) is 6.11. The van der Waals surface area contributed by atoms with E-state index in [1.807, 2.05) is 11.6 Å². The van der Waals surface area contributed by atoms with E-state index < -0.39 is 0 Å². The molecule has 0 amide bonds. The van der Waals surface area contributed by atoms with Crippen LogP contribution in [0.25, 0.3) is 0 Å². The van der Waals surface area contributed by atoms with E-state index in [4.69, 9.17) is 23.2 Å². The van der Waals surface area contributed by atoms with Crippen molar-refractivity contribution in [3.8, 4) is 0 Å². The number of hydrogen-bond acceptors (Lipinski definition) is 2. The van der Waals surface area contributed by atoms with Crippen LogP contribution in [0.4, 0.5) is 0 Å². The third-order valence-corrected chi connectivity index (χ3v) is 2.86. The quantitative estimate of drug-likeness (QED) is 0.799. The third-order valence-electron chi connectivity index (χ3n) is 2.24. The van der Waals surface area contributed by atoms with E-state index in [1.165, 1.54) is 11.2 Å². The van der Waals surface area contributed by atoms with Crippen molar-refractivity contribution in [3.63, 3.8) is 0 Å². The Morgan fingerprint density at radius 2 is 2.31 bits per heavy atom. The molecule has 1 rings (SSSR count). The summed E-state index contributed by atoms with van der Waals surface area (Å²) in [6.07, 6.45) is 1.02. The topological polar surface area (TPSA) is 29.9 Å². The van der Waals surface area contributed by atoms with Crippen LogP contribution in [0.1, 0.15) is 17.8 Å². The lowest BCUT2D eigenvalue weighted by atomic mass is 10.4. The van der Waals surface area contributed by atoms with Crippen molar-refractivity contribution in [3.05, 3.63) is 28.0 Å². The van der Waals surface area contributed by atoms with Gasteiger partial charge in [-0.3, -0.25) is 4.68 Å². The Labute approximate surface area is 106 Å². The Kier molecular flexibility index (Phi) is 5.88. The standard InChI is InChI=1S/C11H17Cl2N3/c1-9-6-10(2)16(15-9)5-3-4-14-8-11(13)7-12/h6-7,14H,3-5,8H2,1-2H3/b11-7-. The van der Waals surface area contributed by atoms with E-state index in [-0.39, 0.29) is 0 Å². The first-order valence-electron chi connectivity index (χ1n) is 5.30. The maximum absolute atomic E-state index is 5.74. The summed E-state index contributed by atoms with van der Waals surface area (Å²) >= 11 is 11.2. The van der Waals surface area contributed by atoms with Crippen molar-refractivity contribution >= 4 is 23.2 Å². The molecule has 0 atom stereocenters. The molecule has 0 unspecified atom stereocenters. The molecule has 1 aromatic heterocycles. The molecule has 0 aliphatic carbocycles.